The summed E-state index contributed by atoms with van der Waals surface area (Å²) in [6, 6.07) is 13.5. The molecule has 2 heterocycles. The predicted molar refractivity (Wildman–Crippen MR) is 99.1 cm³/mol. The zero-order valence-corrected chi connectivity index (χ0v) is 14.3. The molecule has 128 valence electrons. The first-order chi connectivity index (χ1) is 12.2. The van der Waals surface area contributed by atoms with Crippen molar-refractivity contribution in [3.05, 3.63) is 66.6 Å². The smallest absolute Gasteiger partial charge is 0.224 e. The summed E-state index contributed by atoms with van der Waals surface area (Å²) >= 11 is 0. The van der Waals surface area contributed by atoms with E-state index in [0.29, 0.717) is 18.3 Å². The number of hydrogen-bond donors (Lipinski definition) is 2. The number of hydrogen-bond acceptors (Lipinski definition) is 6. The quantitative estimate of drug-likeness (QED) is 0.679. The minimum absolute atomic E-state index is 0.103. The van der Waals surface area contributed by atoms with Crippen LogP contribution in [-0.2, 0) is 6.54 Å². The number of para-hydroxylation sites is 2. The monoisotopic (exact) mass is 335 g/mol. The van der Waals surface area contributed by atoms with Gasteiger partial charge in [0, 0.05) is 25.1 Å². The second-order valence-electron chi connectivity index (χ2n) is 5.76. The van der Waals surface area contributed by atoms with Crippen molar-refractivity contribution in [2.45, 2.75) is 26.5 Å². The third-order valence-corrected chi connectivity index (χ3v) is 3.37. The van der Waals surface area contributed by atoms with Crippen LogP contribution in [0, 0.1) is 0 Å². The second kappa shape index (κ2) is 8.10. The Kier molecular flexibility index (Phi) is 5.41. The van der Waals surface area contributed by atoms with Crippen LogP contribution in [0.25, 0.3) is 0 Å². The van der Waals surface area contributed by atoms with Crippen molar-refractivity contribution in [1.29, 1.82) is 0 Å². The Balaban J connectivity index is 1.70. The van der Waals surface area contributed by atoms with E-state index in [1.807, 2.05) is 56.3 Å². The van der Waals surface area contributed by atoms with Gasteiger partial charge in [-0.25, -0.2) is 4.98 Å². The Morgan fingerprint density at radius 2 is 1.80 bits per heavy atom. The lowest BCUT2D eigenvalue weighted by molar-refractivity contribution is 0.244. The summed E-state index contributed by atoms with van der Waals surface area (Å²) < 4.78 is 5.83. The van der Waals surface area contributed by atoms with Gasteiger partial charge in [-0.3, -0.25) is 4.98 Å². The fourth-order valence-corrected chi connectivity index (χ4v) is 2.26. The van der Waals surface area contributed by atoms with E-state index in [0.717, 1.165) is 17.0 Å². The van der Waals surface area contributed by atoms with E-state index in [9.17, 15) is 0 Å². The van der Waals surface area contributed by atoms with E-state index in [1.165, 1.54) is 0 Å². The van der Waals surface area contributed by atoms with Crippen LogP contribution in [0.4, 0.5) is 17.5 Å². The first kappa shape index (κ1) is 16.7. The van der Waals surface area contributed by atoms with Crippen molar-refractivity contribution in [2.24, 2.45) is 0 Å². The van der Waals surface area contributed by atoms with Gasteiger partial charge in [0.15, 0.2) is 0 Å². The summed E-state index contributed by atoms with van der Waals surface area (Å²) in [5.74, 6) is 2.05. The lowest BCUT2D eigenvalue weighted by atomic mass is 10.3. The van der Waals surface area contributed by atoms with Crippen LogP contribution >= 0.6 is 0 Å². The van der Waals surface area contributed by atoms with Gasteiger partial charge >= 0.3 is 0 Å². The number of ether oxygens (including phenoxy) is 1. The molecule has 6 heteroatoms. The van der Waals surface area contributed by atoms with Gasteiger partial charge in [0.1, 0.15) is 11.6 Å². The molecule has 3 aromatic rings. The molecule has 0 saturated heterocycles. The van der Waals surface area contributed by atoms with Crippen molar-refractivity contribution in [2.75, 3.05) is 10.6 Å². The molecule has 0 saturated carbocycles. The fraction of sp³-hybridized carbons (Fsp3) is 0.211. The topological polar surface area (TPSA) is 72.0 Å². The van der Waals surface area contributed by atoms with Crippen LogP contribution in [0.3, 0.4) is 0 Å². The molecular weight excluding hydrogens is 314 g/mol. The normalized spacial score (nSPS) is 10.5. The Morgan fingerprint density at radius 3 is 2.60 bits per heavy atom. The highest BCUT2D eigenvalue weighted by molar-refractivity contribution is 5.64. The maximum absolute atomic E-state index is 5.83. The third kappa shape index (κ3) is 4.91. The van der Waals surface area contributed by atoms with Crippen LogP contribution in [0.15, 0.2) is 61.1 Å². The molecule has 0 bridgehead atoms. The average Bonchev–Trinajstić information content (AvgIpc) is 2.62. The van der Waals surface area contributed by atoms with E-state index >= 15 is 0 Å². The summed E-state index contributed by atoms with van der Waals surface area (Å²) in [6.45, 7) is 4.64. The van der Waals surface area contributed by atoms with Gasteiger partial charge in [0.05, 0.1) is 11.8 Å². The lowest BCUT2D eigenvalue weighted by Gasteiger charge is -2.15. The molecule has 0 spiro atoms. The summed E-state index contributed by atoms with van der Waals surface area (Å²) in [4.78, 5) is 12.8. The molecule has 0 atom stereocenters. The average molecular weight is 335 g/mol. The largest absolute Gasteiger partial charge is 0.489 e. The van der Waals surface area contributed by atoms with Crippen molar-refractivity contribution in [3.63, 3.8) is 0 Å². The maximum Gasteiger partial charge on any atom is 0.224 e. The molecule has 0 aliphatic carbocycles. The van der Waals surface area contributed by atoms with Crippen LogP contribution in [0.2, 0.25) is 0 Å². The molecule has 2 N–H and O–H groups in total. The summed E-state index contributed by atoms with van der Waals surface area (Å²) in [5, 5.41) is 6.50. The Morgan fingerprint density at radius 1 is 1.00 bits per heavy atom. The number of nitrogens with one attached hydrogen (secondary N) is 2. The molecule has 0 amide bonds. The SMILES string of the molecule is CC(C)Oc1ccccc1Nc1ccnc(NCc2ccncc2)n1. The van der Waals surface area contributed by atoms with E-state index in [-0.39, 0.29) is 6.10 Å². The molecule has 0 radical (unpaired) electrons. The molecular formula is C19H21N5O. The van der Waals surface area contributed by atoms with Crippen LogP contribution < -0.4 is 15.4 Å². The Labute approximate surface area is 147 Å². The molecule has 25 heavy (non-hydrogen) atoms. The predicted octanol–water partition coefficient (Wildman–Crippen LogP) is 4.01. The van der Waals surface area contributed by atoms with Crippen molar-refractivity contribution in [3.8, 4) is 5.75 Å². The maximum atomic E-state index is 5.83. The lowest BCUT2D eigenvalue weighted by Crippen LogP contribution is -2.08. The number of benzene rings is 1. The highest BCUT2D eigenvalue weighted by atomic mass is 16.5. The molecule has 2 aromatic heterocycles. The van der Waals surface area contributed by atoms with Crippen LogP contribution in [-0.4, -0.2) is 21.1 Å². The van der Waals surface area contributed by atoms with Gasteiger partial charge in [-0.1, -0.05) is 12.1 Å². The van der Waals surface area contributed by atoms with Crippen molar-refractivity contribution in [1.82, 2.24) is 15.0 Å². The third-order valence-electron chi connectivity index (χ3n) is 3.37. The van der Waals surface area contributed by atoms with Crippen molar-refractivity contribution < 1.29 is 4.74 Å². The number of aromatic nitrogens is 3. The Hall–Kier alpha value is -3.15. The summed E-state index contributed by atoms with van der Waals surface area (Å²) in [7, 11) is 0. The zero-order chi connectivity index (χ0) is 17.5. The summed E-state index contributed by atoms with van der Waals surface area (Å²) in [5.41, 5.74) is 1.99. The fourth-order valence-electron chi connectivity index (χ4n) is 2.26. The Bertz CT molecular complexity index is 808. The van der Waals surface area contributed by atoms with E-state index < -0.39 is 0 Å². The molecule has 6 nitrogen and oxygen atoms in total. The van der Waals surface area contributed by atoms with Gasteiger partial charge in [-0.15, -0.1) is 0 Å². The molecule has 0 fully saturated rings. The summed E-state index contributed by atoms with van der Waals surface area (Å²) in [6.07, 6.45) is 5.35. The van der Waals surface area contributed by atoms with E-state index in [1.54, 1.807) is 18.6 Å². The van der Waals surface area contributed by atoms with Crippen LogP contribution in [0.1, 0.15) is 19.4 Å². The zero-order valence-electron chi connectivity index (χ0n) is 14.3. The molecule has 3 rings (SSSR count). The molecule has 0 unspecified atom stereocenters. The second-order valence-corrected chi connectivity index (χ2v) is 5.76. The van der Waals surface area contributed by atoms with Crippen LogP contribution in [0.5, 0.6) is 5.75 Å². The van der Waals surface area contributed by atoms with Gasteiger partial charge < -0.3 is 15.4 Å². The molecule has 1 aromatic carbocycles. The molecule has 0 aliphatic heterocycles. The first-order valence-corrected chi connectivity index (χ1v) is 8.19. The van der Waals surface area contributed by atoms with Gasteiger partial charge in [-0.05, 0) is 49.7 Å². The number of anilines is 3. The number of pyridine rings is 1. The van der Waals surface area contributed by atoms with E-state index in [4.69, 9.17) is 4.74 Å². The number of nitrogens with zero attached hydrogens (tertiary/aromatic N) is 3. The van der Waals surface area contributed by atoms with Gasteiger partial charge in [-0.2, -0.15) is 4.98 Å². The number of rotatable bonds is 7. The van der Waals surface area contributed by atoms with E-state index in [2.05, 4.69) is 25.6 Å². The van der Waals surface area contributed by atoms with Gasteiger partial charge in [0.25, 0.3) is 0 Å². The highest BCUT2D eigenvalue weighted by Gasteiger charge is 2.07. The van der Waals surface area contributed by atoms with Gasteiger partial charge in [0.2, 0.25) is 5.95 Å². The standard InChI is InChI=1S/C19H21N5O/c1-14(2)25-17-6-4-3-5-16(17)23-18-9-12-21-19(24-18)22-13-15-7-10-20-11-8-15/h3-12,14H,13H2,1-2H3,(H2,21,22,23,24). The highest BCUT2D eigenvalue weighted by Crippen LogP contribution is 2.27. The minimum Gasteiger partial charge on any atom is -0.489 e. The van der Waals surface area contributed by atoms with Crippen molar-refractivity contribution >= 4 is 17.5 Å². The minimum atomic E-state index is 0.103. The first-order valence-electron chi connectivity index (χ1n) is 8.19. The molecule has 0 aliphatic rings.